The molecule has 2 aromatic carbocycles. The zero-order valence-electron chi connectivity index (χ0n) is 18.9. The number of amides is 2. The van der Waals surface area contributed by atoms with Crippen LogP contribution in [0.15, 0.2) is 56.6 Å². The van der Waals surface area contributed by atoms with Gasteiger partial charge in [0.2, 0.25) is 15.9 Å². The maximum absolute atomic E-state index is 13.4. The molecule has 1 saturated heterocycles. The number of nitrogens with zero attached hydrogens (tertiary/aromatic N) is 3. The number of carbonyl (C=O) groups excluding carboxylic acids is 2. The van der Waals surface area contributed by atoms with Crippen molar-refractivity contribution in [3.8, 4) is 0 Å². The maximum Gasteiger partial charge on any atom is 0.349 e. The molecule has 0 saturated carbocycles. The smallest absolute Gasteiger partial charge is 0.349 e. The van der Waals surface area contributed by atoms with Crippen LogP contribution < -0.4 is 10.5 Å². The monoisotopic (exact) mass is 493 g/mol. The summed E-state index contributed by atoms with van der Waals surface area (Å²) in [7, 11) is -3.76. The van der Waals surface area contributed by atoms with Gasteiger partial charge in [-0.15, -0.1) is 0 Å². The minimum Gasteiger partial charge on any atom is -0.422 e. The largest absolute Gasteiger partial charge is 0.422 e. The third-order valence-electron chi connectivity index (χ3n) is 7.06. The molecule has 6 rings (SSSR count). The fraction of sp³-hybridized carbons (Fsp3) is 0.320. The molecule has 35 heavy (non-hydrogen) atoms. The highest BCUT2D eigenvalue weighted by Crippen LogP contribution is 2.39. The summed E-state index contributed by atoms with van der Waals surface area (Å²) in [6.07, 6.45) is 1.57. The van der Waals surface area contributed by atoms with Gasteiger partial charge in [0.15, 0.2) is 0 Å². The van der Waals surface area contributed by atoms with Crippen LogP contribution in [0.2, 0.25) is 0 Å². The minimum atomic E-state index is -3.76. The minimum absolute atomic E-state index is 0.0585. The number of hydrogen-bond acceptors (Lipinski definition) is 6. The van der Waals surface area contributed by atoms with E-state index in [1.165, 1.54) is 15.3 Å². The van der Waals surface area contributed by atoms with Gasteiger partial charge < -0.3 is 14.2 Å². The van der Waals surface area contributed by atoms with Crippen LogP contribution in [0.5, 0.6) is 0 Å². The Bertz CT molecular complexity index is 1550. The first-order valence-electron chi connectivity index (χ1n) is 11.6. The van der Waals surface area contributed by atoms with E-state index >= 15 is 0 Å². The molecule has 1 fully saturated rings. The number of carbonyl (C=O) groups is 2. The molecule has 9 nitrogen and oxygen atoms in total. The van der Waals surface area contributed by atoms with E-state index in [-0.39, 0.29) is 42.5 Å². The van der Waals surface area contributed by atoms with Crippen molar-refractivity contribution in [2.45, 2.75) is 24.2 Å². The number of hydrogen-bond donors (Lipinski definition) is 0. The molecule has 1 aromatic heterocycles. The van der Waals surface area contributed by atoms with Crippen molar-refractivity contribution in [1.29, 1.82) is 0 Å². The Morgan fingerprint density at radius 1 is 0.857 bits per heavy atom. The highest BCUT2D eigenvalue weighted by Gasteiger charge is 2.36. The zero-order chi connectivity index (χ0) is 24.3. The van der Waals surface area contributed by atoms with Crippen LogP contribution in [0.3, 0.4) is 0 Å². The lowest BCUT2D eigenvalue weighted by Gasteiger charge is -2.34. The Morgan fingerprint density at radius 2 is 1.57 bits per heavy atom. The van der Waals surface area contributed by atoms with Crippen molar-refractivity contribution >= 4 is 38.5 Å². The van der Waals surface area contributed by atoms with Crippen LogP contribution in [-0.2, 0) is 27.7 Å². The molecule has 4 heterocycles. The molecule has 0 aliphatic carbocycles. The molecule has 0 spiro atoms. The molecule has 2 amide bonds. The first-order chi connectivity index (χ1) is 16.8. The topological polar surface area (TPSA) is 108 Å². The van der Waals surface area contributed by atoms with Crippen LogP contribution in [0.1, 0.15) is 27.9 Å². The van der Waals surface area contributed by atoms with E-state index in [0.717, 1.165) is 16.8 Å². The lowest BCUT2D eigenvalue weighted by molar-refractivity contribution is -0.118. The van der Waals surface area contributed by atoms with Gasteiger partial charge in [0, 0.05) is 44.5 Å². The molecule has 0 atom stereocenters. The summed E-state index contributed by atoms with van der Waals surface area (Å²) in [5.74, 6) is -0.374. The summed E-state index contributed by atoms with van der Waals surface area (Å²) in [5.41, 5.74) is 2.32. The SMILES string of the molecule is O=C(c1cc2ccccc2oc1=O)N1CCN(S(=O)(=O)c2cc3c4c(c2)CCN4C(=O)CC3)CC1. The molecular weight excluding hydrogens is 470 g/mol. The van der Waals surface area contributed by atoms with Crippen molar-refractivity contribution in [3.63, 3.8) is 0 Å². The summed E-state index contributed by atoms with van der Waals surface area (Å²) in [5, 5.41) is 0.650. The molecule has 3 aliphatic rings. The van der Waals surface area contributed by atoms with E-state index in [4.69, 9.17) is 4.42 Å². The number of aryl methyl sites for hydroxylation is 1. The van der Waals surface area contributed by atoms with E-state index in [2.05, 4.69) is 0 Å². The van der Waals surface area contributed by atoms with Crippen LogP contribution in [0, 0.1) is 0 Å². The fourth-order valence-corrected chi connectivity index (χ4v) is 6.76. The molecule has 10 heteroatoms. The third-order valence-corrected chi connectivity index (χ3v) is 8.94. The second-order valence-electron chi connectivity index (χ2n) is 9.07. The molecule has 0 N–H and O–H groups in total. The third kappa shape index (κ3) is 3.55. The highest BCUT2D eigenvalue weighted by molar-refractivity contribution is 7.89. The van der Waals surface area contributed by atoms with Crippen molar-refractivity contribution in [1.82, 2.24) is 9.21 Å². The number of sulfonamides is 1. The molecule has 0 bridgehead atoms. The Morgan fingerprint density at radius 3 is 2.34 bits per heavy atom. The second-order valence-corrected chi connectivity index (χ2v) is 11.0. The normalized spacial score (nSPS) is 18.2. The Labute approximate surface area is 201 Å². The van der Waals surface area contributed by atoms with Gasteiger partial charge in [0.25, 0.3) is 5.91 Å². The highest BCUT2D eigenvalue weighted by atomic mass is 32.2. The van der Waals surface area contributed by atoms with E-state index in [1.54, 1.807) is 41.3 Å². The maximum atomic E-state index is 13.4. The van der Waals surface area contributed by atoms with Gasteiger partial charge in [0.1, 0.15) is 11.1 Å². The predicted octanol–water partition coefficient (Wildman–Crippen LogP) is 1.78. The summed E-state index contributed by atoms with van der Waals surface area (Å²) >= 11 is 0. The Balaban J connectivity index is 1.21. The number of rotatable bonds is 3. The summed E-state index contributed by atoms with van der Waals surface area (Å²) in [6.45, 7) is 1.19. The molecule has 180 valence electrons. The van der Waals surface area contributed by atoms with Crippen LogP contribution in [0.4, 0.5) is 5.69 Å². The van der Waals surface area contributed by atoms with Crippen LogP contribution >= 0.6 is 0 Å². The number of anilines is 1. The van der Waals surface area contributed by atoms with Crippen molar-refractivity contribution < 1.29 is 22.4 Å². The van der Waals surface area contributed by atoms with E-state index < -0.39 is 21.6 Å². The molecule has 3 aromatic rings. The number of piperazine rings is 1. The van der Waals surface area contributed by atoms with Gasteiger partial charge >= 0.3 is 5.63 Å². The molecular formula is C25H23N3O6S. The number of fused-ring (bicyclic) bond motifs is 1. The van der Waals surface area contributed by atoms with Gasteiger partial charge in [-0.25, -0.2) is 13.2 Å². The van der Waals surface area contributed by atoms with Crippen molar-refractivity contribution in [3.05, 3.63) is 69.6 Å². The van der Waals surface area contributed by atoms with Gasteiger partial charge in [0.05, 0.1) is 10.6 Å². The average molecular weight is 494 g/mol. The predicted molar refractivity (Wildman–Crippen MR) is 128 cm³/mol. The standard InChI is InChI=1S/C25H23N3O6S/c29-22-6-5-17-13-19(14-18-7-8-28(22)23(17)18)35(32,33)27-11-9-26(10-12-27)24(30)20-15-16-3-1-2-4-21(16)34-25(20)31/h1-4,13-15H,5-12H2. The van der Waals surface area contributed by atoms with Crippen molar-refractivity contribution in [2.75, 3.05) is 37.6 Å². The van der Waals surface area contributed by atoms with Gasteiger partial charge in [-0.05, 0) is 48.2 Å². The van der Waals surface area contributed by atoms with Crippen LogP contribution in [0.25, 0.3) is 11.0 Å². The first kappa shape index (κ1) is 22.0. The first-order valence-corrected chi connectivity index (χ1v) is 13.1. The van der Waals surface area contributed by atoms with Crippen molar-refractivity contribution in [2.24, 2.45) is 0 Å². The summed E-state index contributed by atoms with van der Waals surface area (Å²) in [6, 6.07) is 11.9. The Hall–Kier alpha value is -3.50. The van der Waals surface area contributed by atoms with E-state index in [9.17, 15) is 22.8 Å². The van der Waals surface area contributed by atoms with Crippen LogP contribution in [-0.4, -0.2) is 62.2 Å². The van der Waals surface area contributed by atoms with E-state index in [0.29, 0.717) is 36.8 Å². The molecule has 0 unspecified atom stereocenters. The lowest BCUT2D eigenvalue weighted by Crippen LogP contribution is -2.51. The zero-order valence-corrected chi connectivity index (χ0v) is 19.7. The number of benzene rings is 2. The molecule has 0 radical (unpaired) electrons. The van der Waals surface area contributed by atoms with E-state index in [1.807, 2.05) is 0 Å². The summed E-state index contributed by atoms with van der Waals surface area (Å²) < 4.78 is 33.6. The Kier molecular flexibility index (Phi) is 5.05. The number of para-hydroxylation sites is 1. The quantitative estimate of drug-likeness (QED) is 0.515. The molecule has 3 aliphatic heterocycles. The second kappa shape index (κ2) is 8.03. The van der Waals surface area contributed by atoms with Gasteiger partial charge in [-0.3, -0.25) is 9.59 Å². The van der Waals surface area contributed by atoms with Gasteiger partial charge in [-0.2, -0.15) is 4.31 Å². The lowest BCUT2D eigenvalue weighted by atomic mass is 10.00. The van der Waals surface area contributed by atoms with Gasteiger partial charge in [-0.1, -0.05) is 18.2 Å². The fourth-order valence-electron chi connectivity index (χ4n) is 5.24. The summed E-state index contributed by atoms with van der Waals surface area (Å²) in [4.78, 5) is 41.1. The average Bonchev–Trinajstić information content (AvgIpc) is 3.31.